The Kier molecular flexibility index (Phi) is 5.62. The zero-order valence-electron chi connectivity index (χ0n) is 14.8. The van der Waals surface area contributed by atoms with E-state index in [1.165, 1.54) is 29.5 Å². The largest absolute Gasteiger partial charge is 0.457 e. The van der Waals surface area contributed by atoms with Gasteiger partial charge in [0.15, 0.2) is 0 Å². The highest BCUT2D eigenvalue weighted by Gasteiger charge is 2.41. The molecule has 0 fully saturated rings. The van der Waals surface area contributed by atoms with Crippen molar-refractivity contribution in [3.63, 3.8) is 0 Å². The molecule has 0 aliphatic heterocycles. The van der Waals surface area contributed by atoms with Crippen LogP contribution in [0.25, 0.3) is 0 Å². The second kappa shape index (κ2) is 7.81. The molecule has 3 rings (SSSR count). The Morgan fingerprint density at radius 2 is 1.75 bits per heavy atom. The average molecular weight is 412 g/mol. The van der Waals surface area contributed by atoms with Crippen LogP contribution in [0.5, 0.6) is 11.5 Å². The molecular formula is C19H17ClF3N3O2. The normalized spacial score (nSPS) is 13.9. The minimum atomic E-state index is -4.68. The molecule has 5 nitrogen and oxygen atoms in total. The van der Waals surface area contributed by atoms with Crippen molar-refractivity contribution in [2.75, 3.05) is 0 Å². The van der Waals surface area contributed by atoms with Crippen molar-refractivity contribution in [3.8, 4) is 11.5 Å². The van der Waals surface area contributed by atoms with Gasteiger partial charge in [-0.1, -0.05) is 24.6 Å². The van der Waals surface area contributed by atoms with Gasteiger partial charge in [-0.2, -0.15) is 18.3 Å². The predicted molar refractivity (Wildman–Crippen MR) is 97.2 cm³/mol. The maximum Gasteiger partial charge on any atom is 0.416 e. The topological polar surface area (TPSA) is 60.2 Å². The standard InChI is InChI=1S/C19H17ClF3N3O2/c1-2-18(27,10-26-12-24-11-25-26)16-8-7-15(9-17(16)19(21,22)23)28-14-5-3-13(20)4-6-14/h3-9,11-12,27H,2,10H2,1H3/t18-/m0/s1. The first kappa shape index (κ1) is 20.2. The Hall–Kier alpha value is -2.58. The smallest absolute Gasteiger partial charge is 0.416 e. The average Bonchev–Trinajstić information content (AvgIpc) is 3.15. The maximum absolute atomic E-state index is 13.7. The van der Waals surface area contributed by atoms with Gasteiger partial charge in [0.05, 0.1) is 12.1 Å². The Balaban J connectivity index is 1.99. The molecule has 0 radical (unpaired) electrons. The molecule has 0 bridgehead atoms. The molecule has 0 saturated heterocycles. The third-order valence-electron chi connectivity index (χ3n) is 4.32. The zero-order valence-corrected chi connectivity index (χ0v) is 15.6. The minimum absolute atomic E-state index is 0.00222. The van der Waals surface area contributed by atoms with Gasteiger partial charge in [0.1, 0.15) is 29.8 Å². The molecule has 1 heterocycles. The summed E-state index contributed by atoms with van der Waals surface area (Å²) in [6, 6.07) is 9.75. The number of nitrogens with zero attached hydrogens (tertiary/aromatic N) is 3. The van der Waals surface area contributed by atoms with Crippen LogP contribution in [0.15, 0.2) is 55.1 Å². The van der Waals surface area contributed by atoms with Crippen LogP contribution in [0, 0.1) is 0 Å². The summed E-state index contributed by atoms with van der Waals surface area (Å²) in [6.07, 6.45) is -2.04. The van der Waals surface area contributed by atoms with Crippen LogP contribution in [0.3, 0.4) is 0 Å². The summed E-state index contributed by atoms with van der Waals surface area (Å²) in [4.78, 5) is 3.76. The van der Waals surface area contributed by atoms with Gasteiger partial charge in [-0.05, 0) is 48.4 Å². The number of hydrogen-bond donors (Lipinski definition) is 1. The molecule has 3 aromatic rings. The molecule has 0 unspecified atom stereocenters. The van der Waals surface area contributed by atoms with E-state index in [1.54, 1.807) is 31.2 Å². The summed E-state index contributed by atoms with van der Waals surface area (Å²) in [5.41, 5.74) is -3.00. The van der Waals surface area contributed by atoms with E-state index in [0.29, 0.717) is 10.8 Å². The van der Waals surface area contributed by atoms with E-state index in [2.05, 4.69) is 10.1 Å². The lowest BCUT2D eigenvalue weighted by Crippen LogP contribution is -2.33. The lowest BCUT2D eigenvalue weighted by Gasteiger charge is -2.30. The third-order valence-corrected chi connectivity index (χ3v) is 4.57. The SMILES string of the molecule is CC[C@](O)(Cn1cncn1)c1ccc(Oc2ccc(Cl)cc2)cc1C(F)(F)F. The fourth-order valence-electron chi connectivity index (χ4n) is 2.84. The molecule has 2 aromatic carbocycles. The molecule has 0 aliphatic carbocycles. The molecule has 1 aromatic heterocycles. The number of aromatic nitrogens is 3. The van der Waals surface area contributed by atoms with Crippen LogP contribution in [-0.2, 0) is 18.3 Å². The molecule has 0 aliphatic rings. The zero-order chi connectivity index (χ0) is 20.4. The van der Waals surface area contributed by atoms with Gasteiger partial charge in [-0.15, -0.1) is 0 Å². The van der Waals surface area contributed by atoms with Gasteiger partial charge >= 0.3 is 6.18 Å². The van der Waals surface area contributed by atoms with Crippen LogP contribution in [0.1, 0.15) is 24.5 Å². The highest BCUT2D eigenvalue weighted by Crippen LogP contribution is 2.41. The number of aliphatic hydroxyl groups is 1. The number of benzene rings is 2. The molecule has 1 N–H and O–H groups in total. The first-order valence-corrected chi connectivity index (χ1v) is 8.79. The van der Waals surface area contributed by atoms with E-state index >= 15 is 0 Å². The van der Waals surface area contributed by atoms with Crippen LogP contribution in [-0.4, -0.2) is 19.9 Å². The second-order valence-electron chi connectivity index (χ2n) is 6.24. The highest BCUT2D eigenvalue weighted by atomic mass is 35.5. The number of ether oxygens (including phenoxy) is 1. The quantitative estimate of drug-likeness (QED) is 0.617. The summed E-state index contributed by atoms with van der Waals surface area (Å²) < 4.78 is 48.0. The fourth-order valence-corrected chi connectivity index (χ4v) is 2.96. The molecule has 9 heteroatoms. The summed E-state index contributed by atoms with van der Waals surface area (Å²) in [5, 5.41) is 15.3. The van der Waals surface area contributed by atoms with Crippen LogP contribution < -0.4 is 4.74 Å². The molecule has 28 heavy (non-hydrogen) atoms. The summed E-state index contributed by atoms with van der Waals surface area (Å²) in [5.74, 6) is 0.344. The van der Waals surface area contributed by atoms with Gasteiger partial charge in [0.25, 0.3) is 0 Å². The van der Waals surface area contributed by atoms with E-state index < -0.39 is 17.3 Å². The van der Waals surface area contributed by atoms with Crippen LogP contribution >= 0.6 is 11.6 Å². The van der Waals surface area contributed by atoms with E-state index in [0.717, 1.165) is 6.07 Å². The first-order valence-electron chi connectivity index (χ1n) is 8.41. The number of hydrogen-bond acceptors (Lipinski definition) is 4. The van der Waals surface area contributed by atoms with E-state index in [4.69, 9.17) is 16.3 Å². The molecule has 0 spiro atoms. The third kappa shape index (κ3) is 4.45. The lowest BCUT2D eigenvalue weighted by atomic mass is 9.87. The second-order valence-corrected chi connectivity index (χ2v) is 6.68. The Morgan fingerprint density at radius 1 is 1.07 bits per heavy atom. The van der Waals surface area contributed by atoms with Crippen molar-refractivity contribution < 1.29 is 23.0 Å². The van der Waals surface area contributed by atoms with Gasteiger partial charge < -0.3 is 9.84 Å². The highest BCUT2D eigenvalue weighted by molar-refractivity contribution is 6.30. The molecule has 0 saturated carbocycles. The van der Waals surface area contributed by atoms with Gasteiger partial charge in [0, 0.05) is 5.02 Å². The van der Waals surface area contributed by atoms with Crippen molar-refractivity contribution in [2.45, 2.75) is 31.7 Å². The Labute approximate surface area is 164 Å². The van der Waals surface area contributed by atoms with Gasteiger partial charge in [0.2, 0.25) is 0 Å². The first-order chi connectivity index (χ1) is 13.2. The minimum Gasteiger partial charge on any atom is -0.457 e. The van der Waals surface area contributed by atoms with E-state index in [1.807, 2.05) is 0 Å². The molecule has 148 valence electrons. The molecule has 0 amide bonds. The number of halogens is 4. The summed E-state index contributed by atoms with van der Waals surface area (Å²) in [6.45, 7) is 1.44. The Bertz CT molecular complexity index is 931. The predicted octanol–water partition coefficient (Wildman–Crippen LogP) is 5.04. The Morgan fingerprint density at radius 3 is 2.32 bits per heavy atom. The summed E-state index contributed by atoms with van der Waals surface area (Å²) in [7, 11) is 0. The lowest BCUT2D eigenvalue weighted by molar-refractivity contribution is -0.141. The van der Waals surface area contributed by atoms with E-state index in [-0.39, 0.29) is 24.3 Å². The number of rotatable bonds is 6. The van der Waals surface area contributed by atoms with Gasteiger partial charge in [-0.25, -0.2) is 9.67 Å². The maximum atomic E-state index is 13.7. The molecular weight excluding hydrogens is 395 g/mol. The van der Waals surface area contributed by atoms with Crippen molar-refractivity contribution >= 4 is 11.6 Å². The summed E-state index contributed by atoms with van der Waals surface area (Å²) >= 11 is 5.80. The van der Waals surface area contributed by atoms with Crippen LogP contribution in [0.2, 0.25) is 5.02 Å². The van der Waals surface area contributed by atoms with E-state index in [9.17, 15) is 18.3 Å². The van der Waals surface area contributed by atoms with Crippen molar-refractivity contribution in [3.05, 3.63) is 71.3 Å². The fraction of sp³-hybridized carbons (Fsp3) is 0.263. The van der Waals surface area contributed by atoms with Crippen LogP contribution in [0.4, 0.5) is 13.2 Å². The molecule has 1 atom stereocenters. The number of alkyl halides is 3. The van der Waals surface area contributed by atoms with Crippen molar-refractivity contribution in [1.29, 1.82) is 0 Å². The van der Waals surface area contributed by atoms with Crippen molar-refractivity contribution in [1.82, 2.24) is 14.8 Å². The van der Waals surface area contributed by atoms with Crippen molar-refractivity contribution in [2.24, 2.45) is 0 Å². The monoisotopic (exact) mass is 411 g/mol. The van der Waals surface area contributed by atoms with Gasteiger partial charge in [-0.3, -0.25) is 0 Å².